The SMILES string of the molecule is CCc1ccc(-c2noc(CN(CCC(N)=O)Cc3ccccc3)n2)cc1. The minimum Gasteiger partial charge on any atom is -0.370 e. The Labute approximate surface area is 159 Å². The van der Waals surface area contributed by atoms with Gasteiger partial charge < -0.3 is 10.3 Å². The van der Waals surface area contributed by atoms with Crippen LogP contribution in [0.5, 0.6) is 0 Å². The molecular weight excluding hydrogens is 340 g/mol. The number of rotatable bonds is 9. The second kappa shape index (κ2) is 9.09. The first-order valence-corrected chi connectivity index (χ1v) is 9.10. The number of nitrogens with two attached hydrogens (primary N) is 1. The minimum atomic E-state index is -0.324. The van der Waals surface area contributed by atoms with Crippen LogP contribution in [0.1, 0.15) is 30.4 Å². The summed E-state index contributed by atoms with van der Waals surface area (Å²) < 4.78 is 5.43. The molecule has 6 nitrogen and oxygen atoms in total. The van der Waals surface area contributed by atoms with E-state index in [0.29, 0.717) is 31.3 Å². The second-order valence-corrected chi connectivity index (χ2v) is 6.47. The topological polar surface area (TPSA) is 85.3 Å². The highest BCUT2D eigenvalue weighted by atomic mass is 16.5. The van der Waals surface area contributed by atoms with Gasteiger partial charge in [-0.15, -0.1) is 0 Å². The van der Waals surface area contributed by atoms with Crippen molar-refractivity contribution in [3.05, 3.63) is 71.6 Å². The molecule has 0 unspecified atom stereocenters. The van der Waals surface area contributed by atoms with Crippen LogP contribution in [0.15, 0.2) is 59.1 Å². The lowest BCUT2D eigenvalue weighted by Gasteiger charge is -2.19. The van der Waals surface area contributed by atoms with E-state index in [-0.39, 0.29) is 12.3 Å². The van der Waals surface area contributed by atoms with Crippen LogP contribution in [0.4, 0.5) is 0 Å². The Hall–Kier alpha value is -2.99. The molecule has 140 valence electrons. The van der Waals surface area contributed by atoms with E-state index in [1.807, 2.05) is 42.5 Å². The minimum absolute atomic E-state index is 0.284. The predicted octanol–water partition coefficient (Wildman–Crippen LogP) is 3.18. The van der Waals surface area contributed by atoms with E-state index in [2.05, 4.69) is 34.1 Å². The van der Waals surface area contributed by atoms with Crippen LogP contribution in [-0.2, 0) is 24.3 Å². The summed E-state index contributed by atoms with van der Waals surface area (Å²) in [7, 11) is 0. The lowest BCUT2D eigenvalue weighted by molar-refractivity contribution is -0.118. The van der Waals surface area contributed by atoms with Crippen molar-refractivity contribution < 1.29 is 9.32 Å². The zero-order valence-electron chi connectivity index (χ0n) is 15.5. The molecule has 2 aromatic carbocycles. The maximum Gasteiger partial charge on any atom is 0.241 e. The van der Waals surface area contributed by atoms with E-state index < -0.39 is 0 Å². The monoisotopic (exact) mass is 364 g/mol. The Bertz CT molecular complexity index is 859. The van der Waals surface area contributed by atoms with Gasteiger partial charge in [-0.25, -0.2) is 0 Å². The molecule has 0 aliphatic rings. The van der Waals surface area contributed by atoms with Crippen molar-refractivity contribution in [2.45, 2.75) is 32.9 Å². The Morgan fingerprint density at radius 2 is 1.78 bits per heavy atom. The molecule has 0 spiro atoms. The van der Waals surface area contributed by atoms with Gasteiger partial charge in [-0.1, -0.05) is 66.7 Å². The Morgan fingerprint density at radius 1 is 1.04 bits per heavy atom. The Balaban J connectivity index is 1.70. The first-order chi connectivity index (χ1) is 13.1. The number of carbonyl (C=O) groups excluding carboxylic acids is 1. The van der Waals surface area contributed by atoms with Crippen LogP contribution >= 0.6 is 0 Å². The van der Waals surface area contributed by atoms with Gasteiger partial charge in [-0.3, -0.25) is 9.69 Å². The molecular formula is C21H24N4O2. The van der Waals surface area contributed by atoms with E-state index in [0.717, 1.165) is 17.5 Å². The number of primary amides is 1. The first kappa shape index (κ1) is 18.8. The summed E-state index contributed by atoms with van der Waals surface area (Å²) in [6, 6.07) is 18.2. The van der Waals surface area contributed by atoms with Crippen LogP contribution in [0.3, 0.4) is 0 Å². The highest BCUT2D eigenvalue weighted by Crippen LogP contribution is 2.18. The largest absolute Gasteiger partial charge is 0.370 e. The zero-order chi connectivity index (χ0) is 19.1. The van der Waals surface area contributed by atoms with Gasteiger partial charge in [0.25, 0.3) is 0 Å². The van der Waals surface area contributed by atoms with Crippen molar-refractivity contribution in [2.24, 2.45) is 5.73 Å². The number of nitrogens with zero attached hydrogens (tertiary/aromatic N) is 3. The summed E-state index contributed by atoms with van der Waals surface area (Å²) in [5, 5.41) is 4.09. The van der Waals surface area contributed by atoms with Crippen molar-refractivity contribution in [3.63, 3.8) is 0 Å². The van der Waals surface area contributed by atoms with E-state index in [1.165, 1.54) is 5.56 Å². The van der Waals surface area contributed by atoms with E-state index in [1.54, 1.807) is 0 Å². The summed E-state index contributed by atoms with van der Waals surface area (Å²) in [6.45, 7) is 3.79. The van der Waals surface area contributed by atoms with Gasteiger partial charge in [0.2, 0.25) is 17.6 Å². The smallest absolute Gasteiger partial charge is 0.241 e. The number of amides is 1. The molecule has 2 N–H and O–H groups in total. The molecule has 1 heterocycles. The summed E-state index contributed by atoms with van der Waals surface area (Å²) >= 11 is 0. The van der Waals surface area contributed by atoms with Gasteiger partial charge in [-0.05, 0) is 17.5 Å². The first-order valence-electron chi connectivity index (χ1n) is 9.10. The van der Waals surface area contributed by atoms with Gasteiger partial charge in [0.15, 0.2) is 0 Å². The third-order valence-electron chi connectivity index (χ3n) is 4.37. The summed E-state index contributed by atoms with van der Waals surface area (Å²) in [5.41, 5.74) is 8.66. The summed E-state index contributed by atoms with van der Waals surface area (Å²) in [4.78, 5) is 17.8. The number of hydrogen-bond acceptors (Lipinski definition) is 5. The fraction of sp³-hybridized carbons (Fsp3) is 0.286. The Kier molecular flexibility index (Phi) is 6.33. The molecule has 0 atom stereocenters. The fourth-order valence-electron chi connectivity index (χ4n) is 2.84. The number of aryl methyl sites for hydroxylation is 1. The Morgan fingerprint density at radius 3 is 2.44 bits per heavy atom. The van der Waals surface area contributed by atoms with Crippen molar-refractivity contribution in [2.75, 3.05) is 6.54 Å². The van der Waals surface area contributed by atoms with E-state index >= 15 is 0 Å². The van der Waals surface area contributed by atoms with Crippen LogP contribution in [0.25, 0.3) is 11.4 Å². The van der Waals surface area contributed by atoms with Crippen LogP contribution < -0.4 is 5.73 Å². The average molecular weight is 364 g/mol. The molecule has 0 radical (unpaired) electrons. The van der Waals surface area contributed by atoms with Crippen molar-refractivity contribution in [3.8, 4) is 11.4 Å². The molecule has 0 saturated carbocycles. The van der Waals surface area contributed by atoms with Gasteiger partial charge in [-0.2, -0.15) is 4.98 Å². The highest BCUT2D eigenvalue weighted by molar-refractivity contribution is 5.73. The summed E-state index contributed by atoms with van der Waals surface area (Å²) in [5.74, 6) is 0.766. The molecule has 0 aliphatic heterocycles. The van der Waals surface area contributed by atoms with Gasteiger partial charge >= 0.3 is 0 Å². The second-order valence-electron chi connectivity index (χ2n) is 6.47. The van der Waals surface area contributed by atoms with Crippen molar-refractivity contribution in [1.82, 2.24) is 15.0 Å². The zero-order valence-corrected chi connectivity index (χ0v) is 15.5. The molecule has 0 aliphatic carbocycles. The predicted molar refractivity (Wildman–Crippen MR) is 103 cm³/mol. The molecule has 27 heavy (non-hydrogen) atoms. The third kappa shape index (κ3) is 5.49. The lowest BCUT2D eigenvalue weighted by atomic mass is 10.1. The molecule has 0 saturated heterocycles. The van der Waals surface area contributed by atoms with Crippen LogP contribution in [0.2, 0.25) is 0 Å². The maximum absolute atomic E-state index is 11.2. The molecule has 6 heteroatoms. The van der Waals surface area contributed by atoms with E-state index in [9.17, 15) is 4.79 Å². The van der Waals surface area contributed by atoms with Gasteiger partial charge in [0.05, 0.1) is 6.54 Å². The maximum atomic E-state index is 11.2. The fourth-order valence-corrected chi connectivity index (χ4v) is 2.84. The molecule has 1 amide bonds. The number of carbonyl (C=O) groups is 1. The molecule has 0 fully saturated rings. The normalized spacial score (nSPS) is 11.0. The number of aromatic nitrogens is 2. The van der Waals surface area contributed by atoms with Crippen LogP contribution in [-0.4, -0.2) is 27.5 Å². The van der Waals surface area contributed by atoms with Crippen molar-refractivity contribution in [1.29, 1.82) is 0 Å². The van der Waals surface area contributed by atoms with Crippen molar-refractivity contribution >= 4 is 5.91 Å². The van der Waals surface area contributed by atoms with Gasteiger partial charge in [0, 0.05) is 25.1 Å². The quantitative estimate of drug-likeness (QED) is 0.630. The average Bonchev–Trinajstić information content (AvgIpc) is 3.15. The summed E-state index contributed by atoms with van der Waals surface area (Å²) in [6.07, 6.45) is 1.28. The lowest BCUT2D eigenvalue weighted by Crippen LogP contribution is -2.27. The standard InChI is InChI=1S/C21H24N4O2/c1-2-16-8-10-18(11-9-16)21-23-20(27-24-21)15-25(13-12-19(22)26)14-17-6-4-3-5-7-17/h3-11H,2,12-15H2,1H3,(H2,22,26). The molecule has 3 aromatic rings. The third-order valence-corrected chi connectivity index (χ3v) is 4.37. The number of benzene rings is 2. The van der Waals surface area contributed by atoms with Gasteiger partial charge in [0.1, 0.15) is 0 Å². The van der Waals surface area contributed by atoms with Crippen LogP contribution in [0, 0.1) is 0 Å². The molecule has 0 bridgehead atoms. The molecule has 1 aromatic heterocycles. The number of hydrogen-bond donors (Lipinski definition) is 1. The highest BCUT2D eigenvalue weighted by Gasteiger charge is 2.14. The molecule has 3 rings (SSSR count). The van der Waals surface area contributed by atoms with E-state index in [4.69, 9.17) is 10.3 Å².